The Morgan fingerprint density at radius 3 is 0.861 bits per heavy atom. The van der Waals surface area contributed by atoms with Gasteiger partial charge in [-0.2, -0.15) is 0 Å². The van der Waals surface area contributed by atoms with Gasteiger partial charge in [-0.15, -0.1) is 0 Å². The van der Waals surface area contributed by atoms with Gasteiger partial charge in [-0.05, 0) is 14.1 Å². The second kappa shape index (κ2) is 26.1. The van der Waals surface area contributed by atoms with Crippen LogP contribution in [-0.2, 0) is 0 Å². The van der Waals surface area contributed by atoms with Gasteiger partial charge in [-0.25, -0.2) is 0 Å². The largest absolute Gasteiger partial charge is 0.329 e. The summed E-state index contributed by atoms with van der Waals surface area (Å²) in [4.78, 5) is 11.8. The van der Waals surface area contributed by atoms with Crippen LogP contribution in [0.15, 0.2) is 0 Å². The van der Waals surface area contributed by atoms with Crippen molar-refractivity contribution in [1.29, 1.82) is 0 Å². The molecule has 0 aromatic rings. The molecule has 0 radical (unpaired) electrons. The highest BCUT2D eigenvalue weighted by atomic mass is 15.2. The molecule has 0 aliphatic heterocycles. The van der Waals surface area contributed by atoms with Crippen LogP contribution in [0.25, 0.3) is 0 Å². The average molecular weight is 519 g/mol. The minimum absolute atomic E-state index is 0.669. The molecule has 0 saturated heterocycles. The summed E-state index contributed by atoms with van der Waals surface area (Å²) in [5.41, 5.74) is 28.9. The lowest BCUT2D eigenvalue weighted by Gasteiger charge is -2.28. The molecule has 0 aliphatic rings. The summed E-state index contributed by atoms with van der Waals surface area (Å²) in [7, 11) is 4.22. The molecule has 0 unspecified atom stereocenters. The summed E-state index contributed by atoms with van der Waals surface area (Å²) in [6, 6.07) is 0. The Labute approximate surface area is 222 Å². The third kappa shape index (κ3) is 21.6. The molecule has 0 spiro atoms. The van der Waals surface area contributed by atoms with Crippen molar-refractivity contribution in [3.8, 4) is 0 Å². The number of hydrogen-bond donors (Lipinski definition) is 7. The first-order chi connectivity index (χ1) is 17.5. The highest BCUT2D eigenvalue weighted by Crippen LogP contribution is 1.93. The van der Waals surface area contributed by atoms with Gasteiger partial charge in [0.05, 0.1) is 0 Å². The van der Waals surface area contributed by atoms with Crippen molar-refractivity contribution in [3.05, 3.63) is 0 Å². The number of likely N-dealkylation sites (N-methyl/N-ethyl adjacent to an activating group) is 1. The van der Waals surface area contributed by atoms with Crippen LogP contribution in [0.5, 0.6) is 0 Å². The maximum Gasteiger partial charge on any atom is 0.0110 e. The van der Waals surface area contributed by atoms with Crippen LogP contribution in [0.1, 0.15) is 0 Å². The zero-order valence-corrected chi connectivity index (χ0v) is 23.7. The molecular formula is C24H62N12. The predicted molar refractivity (Wildman–Crippen MR) is 155 cm³/mol. The number of nitrogens with one attached hydrogen (secondary N) is 2. The maximum atomic E-state index is 5.89. The molecule has 36 heavy (non-hydrogen) atoms. The molecular weight excluding hydrogens is 456 g/mol. The zero-order valence-electron chi connectivity index (χ0n) is 23.7. The third-order valence-corrected chi connectivity index (χ3v) is 6.24. The average Bonchev–Trinajstić information content (AvgIpc) is 2.85. The summed E-state index contributed by atoms with van der Waals surface area (Å²) >= 11 is 0. The fourth-order valence-corrected chi connectivity index (χ4v) is 4.08. The van der Waals surface area contributed by atoms with E-state index in [9.17, 15) is 0 Å². The first-order valence-corrected chi connectivity index (χ1v) is 14.0. The van der Waals surface area contributed by atoms with Crippen molar-refractivity contribution in [2.45, 2.75) is 0 Å². The smallest absolute Gasteiger partial charge is 0.0110 e. The van der Waals surface area contributed by atoms with E-state index >= 15 is 0 Å². The molecule has 12 nitrogen and oxygen atoms in total. The molecule has 12 N–H and O–H groups in total. The lowest BCUT2D eigenvalue weighted by Crippen LogP contribution is -2.45. The van der Waals surface area contributed by atoms with Crippen LogP contribution < -0.4 is 39.3 Å². The number of hydrogen-bond acceptors (Lipinski definition) is 12. The summed E-state index contributed by atoms with van der Waals surface area (Å²) in [5.74, 6) is 0. The minimum atomic E-state index is 0.669. The second-order valence-corrected chi connectivity index (χ2v) is 9.61. The number of nitrogens with two attached hydrogens (primary N) is 5. The van der Waals surface area contributed by atoms with E-state index in [-0.39, 0.29) is 0 Å². The molecule has 0 fully saturated rings. The molecule has 218 valence electrons. The Kier molecular flexibility index (Phi) is 25.8. The summed E-state index contributed by atoms with van der Waals surface area (Å²) in [6.07, 6.45) is 0. The van der Waals surface area contributed by atoms with E-state index in [1.165, 1.54) is 0 Å². The van der Waals surface area contributed by atoms with Crippen molar-refractivity contribution in [1.82, 2.24) is 35.1 Å². The Balaban J connectivity index is 4.22. The quantitative estimate of drug-likeness (QED) is 0.0498. The number of nitrogens with zero attached hydrogens (tertiary/aromatic N) is 5. The van der Waals surface area contributed by atoms with Gasteiger partial charge in [0, 0.05) is 144 Å². The van der Waals surface area contributed by atoms with E-state index < -0.39 is 0 Å². The van der Waals surface area contributed by atoms with Crippen molar-refractivity contribution < 1.29 is 0 Å². The summed E-state index contributed by atoms with van der Waals surface area (Å²) in [5, 5.41) is 7.15. The van der Waals surface area contributed by atoms with Crippen LogP contribution in [0.3, 0.4) is 0 Å². The van der Waals surface area contributed by atoms with Crippen LogP contribution in [0.4, 0.5) is 0 Å². The van der Waals surface area contributed by atoms with Crippen LogP contribution in [0, 0.1) is 0 Å². The highest BCUT2D eigenvalue weighted by molar-refractivity contribution is 4.69. The minimum Gasteiger partial charge on any atom is -0.329 e. The predicted octanol–water partition coefficient (Wildman–Crippen LogP) is -4.27. The van der Waals surface area contributed by atoms with Gasteiger partial charge in [-0.3, -0.25) is 19.6 Å². The van der Waals surface area contributed by atoms with Crippen molar-refractivity contribution >= 4 is 0 Å². The molecule has 0 saturated carbocycles. The SMILES string of the molecule is CN(C)CCN(CCN)CCNCCN(CCN)CCN(CCN)CCNCCN(CCN)CCN. The van der Waals surface area contributed by atoms with Gasteiger partial charge in [0.15, 0.2) is 0 Å². The van der Waals surface area contributed by atoms with E-state index in [1.54, 1.807) is 0 Å². The molecule has 0 aromatic heterocycles. The second-order valence-electron chi connectivity index (χ2n) is 9.61. The van der Waals surface area contributed by atoms with Crippen molar-refractivity contribution in [2.24, 2.45) is 28.7 Å². The van der Waals surface area contributed by atoms with Gasteiger partial charge in [-0.1, -0.05) is 0 Å². The highest BCUT2D eigenvalue weighted by Gasteiger charge is 2.10. The van der Waals surface area contributed by atoms with E-state index in [2.05, 4.69) is 49.2 Å². The van der Waals surface area contributed by atoms with Crippen molar-refractivity contribution in [2.75, 3.05) is 158 Å². The van der Waals surface area contributed by atoms with Gasteiger partial charge < -0.3 is 44.2 Å². The van der Waals surface area contributed by atoms with E-state index in [4.69, 9.17) is 28.7 Å². The molecule has 0 aliphatic carbocycles. The Morgan fingerprint density at radius 2 is 0.611 bits per heavy atom. The topological polar surface area (TPSA) is 170 Å². The molecule has 0 heterocycles. The standard InChI is InChI=1S/C24H62N12/c1-32(2)21-22-34(14-5-27)18-9-31-11-20-36(16-7-29)24-23-35(15-6-28)19-10-30-8-17-33(12-3-25)13-4-26/h30-31H,3-29H2,1-2H3. The van der Waals surface area contributed by atoms with Crippen LogP contribution in [-0.4, -0.2) is 183 Å². The maximum absolute atomic E-state index is 5.89. The molecule has 12 heteroatoms. The molecule has 0 amide bonds. The van der Waals surface area contributed by atoms with Crippen molar-refractivity contribution in [3.63, 3.8) is 0 Å². The Hall–Kier alpha value is -0.480. The summed E-state index contributed by atoms with van der Waals surface area (Å²) < 4.78 is 0. The van der Waals surface area contributed by atoms with Gasteiger partial charge in [0.1, 0.15) is 0 Å². The van der Waals surface area contributed by atoms with E-state index in [0.29, 0.717) is 32.7 Å². The zero-order chi connectivity index (χ0) is 26.9. The summed E-state index contributed by atoms with van der Waals surface area (Å²) in [6.45, 7) is 19.9. The fraction of sp³-hybridized carbons (Fsp3) is 1.00. The number of rotatable bonds is 28. The van der Waals surface area contributed by atoms with Crippen LogP contribution >= 0.6 is 0 Å². The lowest BCUT2D eigenvalue weighted by molar-refractivity contribution is 0.206. The van der Waals surface area contributed by atoms with E-state index in [1.807, 2.05) is 0 Å². The lowest BCUT2D eigenvalue weighted by atomic mass is 10.3. The molecule has 0 rings (SSSR count). The first-order valence-electron chi connectivity index (χ1n) is 14.0. The van der Waals surface area contributed by atoms with Crippen LogP contribution in [0.2, 0.25) is 0 Å². The van der Waals surface area contributed by atoms with E-state index in [0.717, 1.165) is 111 Å². The first kappa shape index (κ1) is 35.5. The molecule has 0 atom stereocenters. The molecule has 0 aromatic carbocycles. The van der Waals surface area contributed by atoms with Gasteiger partial charge in [0.2, 0.25) is 0 Å². The normalized spacial score (nSPS) is 12.3. The fourth-order valence-electron chi connectivity index (χ4n) is 4.08. The Bertz CT molecular complexity index is 437. The third-order valence-electron chi connectivity index (χ3n) is 6.24. The van der Waals surface area contributed by atoms with Gasteiger partial charge in [0.25, 0.3) is 0 Å². The molecule has 0 bridgehead atoms. The monoisotopic (exact) mass is 519 g/mol. The van der Waals surface area contributed by atoms with Gasteiger partial charge >= 0.3 is 0 Å². The Morgan fingerprint density at radius 1 is 0.361 bits per heavy atom.